The molecule has 0 saturated carbocycles. The van der Waals surface area contributed by atoms with Crippen LogP contribution in [0.5, 0.6) is 0 Å². The Kier molecular flexibility index (Phi) is 3.49. The van der Waals surface area contributed by atoms with Crippen molar-refractivity contribution in [3.8, 4) is 22.9 Å². The highest BCUT2D eigenvalue weighted by Gasteiger charge is 2.12. The summed E-state index contributed by atoms with van der Waals surface area (Å²) >= 11 is 3.32. The minimum Gasteiger partial charge on any atom is -0.478 e. The molecule has 2 heterocycles. The van der Waals surface area contributed by atoms with Crippen molar-refractivity contribution in [1.29, 1.82) is 0 Å². The highest BCUT2D eigenvalue weighted by Crippen LogP contribution is 2.25. The fraction of sp³-hybridized carbons (Fsp3) is 0. The van der Waals surface area contributed by atoms with Crippen LogP contribution < -0.4 is 0 Å². The van der Waals surface area contributed by atoms with Crippen molar-refractivity contribution in [2.75, 3.05) is 0 Å². The van der Waals surface area contributed by atoms with E-state index in [0.29, 0.717) is 22.9 Å². The first kappa shape index (κ1) is 13.4. The van der Waals surface area contributed by atoms with E-state index in [-0.39, 0.29) is 5.56 Å². The van der Waals surface area contributed by atoms with Gasteiger partial charge in [-0.1, -0.05) is 0 Å². The lowest BCUT2D eigenvalue weighted by Crippen LogP contribution is -1.94. The number of aromatic nitrogens is 3. The van der Waals surface area contributed by atoms with Crippen LogP contribution in [0, 0.1) is 0 Å². The second-order valence-corrected chi connectivity index (χ2v) is 5.10. The largest absolute Gasteiger partial charge is 0.478 e. The zero-order chi connectivity index (χ0) is 14.8. The predicted octanol–water partition coefficient (Wildman–Crippen LogP) is 3.26. The second kappa shape index (κ2) is 5.45. The Bertz CT molecular complexity index is 799. The summed E-state index contributed by atoms with van der Waals surface area (Å²) < 4.78 is 6.39. The van der Waals surface area contributed by atoms with Crippen molar-refractivity contribution in [1.82, 2.24) is 15.2 Å². The Morgan fingerprint density at radius 3 is 2.33 bits per heavy atom. The molecular formula is C14H8BrN3O3. The van der Waals surface area contributed by atoms with Crippen LogP contribution in [-0.2, 0) is 0 Å². The lowest BCUT2D eigenvalue weighted by molar-refractivity contribution is 0.0697. The SMILES string of the molecule is O=C(O)c1ccc(-c2nnc(-c3cncc(Br)c3)o2)cc1. The molecule has 0 fully saturated rings. The average molecular weight is 346 g/mol. The summed E-state index contributed by atoms with van der Waals surface area (Å²) in [6.07, 6.45) is 3.28. The Morgan fingerprint density at radius 1 is 1.05 bits per heavy atom. The minimum atomic E-state index is -0.979. The number of carbonyl (C=O) groups is 1. The van der Waals surface area contributed by atoms with Gasteiger partial charge in [-0.3, -0.25) is 4.98 Å². The van der Waals surface area contributed by atoms with Gasteiger partial charge in [0.05, 0.1) is 11.1 Å². The molecule has 3 aromatic rings. The number of rotatable bonds is 3. The van der Waals surface area contributed by atoms with E-state index in [1.165, 1.54) is 12.1 Å². The quantitative estimate of drug-likeness (QED) is 0.783. The fourth-order valence-corrected chi connectivity index (χ4v) is 2.11. The molecule has 0 unspecified atom stereocenters. The van der Waals surface area contributed by atoms with E-state index >= 15 is 0 Å². The molecule has 0 aliphatic rings. The molecule has 0 saturated heterocycles. The minimum absolute atomic E-state index is 0.203. The zero-order valence-electron chi connectivity index (χ0n) is 10.5. The van der Waals surface area contributed by atoms with Gasteiger partial charge in [0.15, 0.2) is 0 Å². The maximum absolute atomic E-state index is 10.8. The van der Waals surface area contributed by atoms with E-state index in [4.69, 9.17) is 9.52 Å². The van der Waals surface area contributed by atoms with Crippen molar-refractivity contribution in [2.24, 2.45) is 0 Å². The number of aromatic carboxylic acids is 1. The molecule has 0 atom stereocenters. The first-order valence-corrected chi connectivity index (χ1v) is 6.71. The van der Waals surface area contributed by atoms with Crippen LogP contribution in [0.2, 0.25) is 0 Å². The summed E-state index contributed by atoms with van der Waals surface area (Å²) in [6, 6.07) is 8.04. The number of hydrogen-bond acceptors (Lipinski definition) is 5. The van der Waals surface area contributed by atoms with E-state index in [2.05, 4.69) is 31.1 Å². The highest BCUT2D eigenvalue weighted by atomic mass is 79.9. The van der Waals surface area contributed by atoms with Gasteiger partial charge in [0, 0.05) is 22.4 Å². The van der Waals surface area contributed by atoms with Gasteiger partial charge < -0.3 is 9.52 Å². The van der Waals surface area contributed by atoms with Gasteiger partial charge >= 0.3 is 5.97 Å². The summed E-state index contributed by atoms with van der Waals surface area (Å²) in [5.41, 5.74) is 1.56. The van der Waals surface area contributed by atoms with Crippen LogP contribution in [0.1, 0.15) is 10.4 Å². The van der Waals surface area contributed by atoms with E-state index in [1.54, 1.807) is 24.5 Å². The molecule has 3 rings (SSSR count). The molecule has 0 spiro atoms. The molecule has 0 radical (unpaired) electrons. The number of carboxylic acids is 1. The molecule has 1 aromatic carbocycles. The summed E-state index contributed by atoms with van der Waals surface area (Å²) in [7, 11) is 0. The maximum atomic E-state index is 10.8. The lowest BCUT2D eigenvalue weighted by Gasteiger charge is -1.97. The molecular weight excluding hydrogens is 338 g/mol. The van der Waals surface area contributed by atoms with E-state index < -0.39 is 5.97 Å². The first-order chi connectivity index (χ1) is 10.1. The zero-order valence-corrected chi connectivity index (χ0v) is 12.1. The van der Waals surface area contributed by atoms with Crippen molar-refractivity contribution in [3.05, 3.63) is 52.8 Å². The monoisotopic (exact) mass is 345 g/mol. The summed E-state index contributed by atoms with van der Waals surface area (Å²) in [5.74, 6) is -0.309. The van der Waals surface area contributed by atoms with E-state index in [1.807, 2.05) is 6.07 Å². The molecule has 0 aliphatic heterocycles. The average Bonchev–Trinajstić information content (AvgIpc) is 2.97. The molecule has 1 N–H and O–H groups in total. The van der Waals surface area contributed by atoms with Gasteiger partial charge in [-0.15, -0.1) is 10.2 Å². The molecule has 6 nitrogen and oxygen atoms in total. The number of benzene rings is 1. The third-order valence-electron chi connectivity index (χ3n) is 2.76. The van der Waals surface area contributed by atoms with E-state index in [0.717, 1.165) is 4.47 Å². The smallest absolute Gasteiger partial charge is 0.335 e. The van der Waals surface area contributed by atoms with Crippen LogP contribution in [0.3, 0.4) is 0 Å². The predicted molar refractivity (Wildman–Crippen MR) is 77.6 cm³/mol. The summed E-state index contributed by atoms with van der Waals surface area (Å²) in [5, 5.41) is 16.8. The third-order valence-corrected chi connectivity index (χ3v) is 3.19. The first-order valence-electron chi connectivity index (χ1n) is 5.91. The van der Waals surface area contributed by atoms with Gasteiger partial charge in [0.1, 0.15) is 0 Å². The van der Waals surface area contributed by atoms with Gasteiger partial charge in [-0.25, -0.2) is 4.79 Å². The molecule has 21 heavy (non-hydrogen) atoms. The van der Waals surface area contributed by atoms with Gasteiger partial charge in [0.25, 0.3) is 0 Å². The summed E-state index contributed by atoms with van der Waals surface area (Å²) in [6.45, 7) is 0. The molecule has 104 valence electrons. The number of carboxylic acid groups (broad SMARTS) is 1. The Morgan fingerprint density at radius 2 is 1.71 bits per heavy atom. The van der Waals surface area contributed by atoms with Crippen LogP contribution in [-0.4, -0.2) is 26.3 Å². The van der Waals surface area contributed by atoms with Crippen molar-refractivity contribution < 1.29 is 14.3 Å². The second-order valence-electron chi connectivity index (χ2n) is 4.19. The van der Waals surface area contributed by atoms with Crippen LogP contribution in [0.25, 0.3) is 22.9 Å². The molecule has 2 aromatic heterocycles. The van der Waals surface area contributed by atoms with Crippen molar-refractivity contribution >= 4 is 21.9 Å². The van der Waals surface area contributed by atoms with Gasteiger partial charge in [0.2, 0.25) is 11.8 Å². The lowest BCUT2D eigenvalue weighted by atomic mass is 10.1. The topological polar surface area (TPSA) is 89.1 Å². The normalized spacial score (nSPS) is 10.5. The number of pyridine rings is 1. The van der Waals surface area contributed by atoms with E-state index in [9.17, 15) is 4.79 Å². The fourth-order valence-electron chi connectivity index (χ4n) is 1.74. The number of nitrogens with zero attached hydrogens (tertiary/aromatic N) is 3. The van der Waals surface area contributed by atoms with Crippen molar-refractivity contribution in [3.63, 3.8) is 0 Å². The number of hydrogen-bond donors (Lipinski definition) is 1. The standard InChI is InChI=1S/C14H8BrN3O3/c15-11-5-10(6-16-7-11)13-18-17-12(21-13)8-1-3-9(4-2-8)14(19)20/h1-7H,(H,19,20). The Balaban J connectivity index is 1.93. The van der Waals surface area contributed by atoms with Crippen LogP contribution in [0.15, 0.2) is 51.6 Å². The maximum Gasteiger partial charge on any atom is 0.335 e. The summed E-state index contributed by atoms with van der Waals surface area (Å²) in [4.78, 5) is 14.8. The van der Waals surface area contributed by atoms with Crippen molar-refractivity contribution in [2.45, 2.75) is 0 Å². The molecule has 0 amide bonds. The third kappa shape index (κ3) is 2.82. The van der Waals surface area contributed by atoms with Gasteiger partial charge in [-0.05, 0) is 46.3 Å². The Hall–Kier alpha value is -2.54. The molecule has 7 heteroatoms. The molecule has 0 bridgehead atoms. The van der Waals surface area contributed by atoms with Gasteiger partial charge in [-0.2, -0.15) is 0 Å². The Labute approximate surface area is 127 Å². The van der Waals surface area contributed by atoms with Crippen LogP contribution in [0.4, 0.5) is 0 Å². The van der Waals surface area contributed by atoms with Crippen LogP contribution >= 0.6 is 15.9 Å². The molecule has 0 aliphatic carbocycles. The highest BCUT2D eigenvalue weighted by molar-refractivity contribution is 9.10. The number of halogens is 1.